The van der Waals surface area contributed by atoms with E-state index < -0.39 is 0 Å². The number of rotatable bonds is 5. The quantitative estimate of drug-likeness (QED) is 0.700. The van der Waals surface area contributed by atoms with Crippen LogP contribution in [0.5, 0.6) is 11.5 Å². The van der Waals surface area contributed by atoms with Crippen LogP contribution in [-0.2, 0) is 6.54 Å². The van der Waals surface area contributed by atoms with Crippen LogP contribution in [0.25, 0.3) is 5.65 Å². The number of ether oxygens (including phenoxy) is 2. The SMILES string of the molecule is COc1ccc(OC)c(CN2CCN(c3ccn4nccc4n3)CC2)c1. The summed E-state index contributed by atoms with van der Waals surface area (Å²) >= 11 is 0. The molecule has 0 N–H and O–H groups in total. The van der Waals surface area contributed by atoms with Gasteiger partial charge in [-0.2, -0.15) is 5.10 Å². The van der Waals surface area contributed by atoms with Crippen molar-refractivity contribution in [1.82, 2.24) is 19.5 Å². The molecular formula is C19H23N5O2. The Morgan fingerprint density at radius 1 is 1.00 bits per heavy atom. The Kier molecular flexibility index (Phi) is 4.62. The van der Waals surface area contributed by atoms with Crippen molar-refractivity contribution >= 4 is 11.5 Å². The molecule has 1 saturated heterocycles. The largest absolute Gasteiger partial charge is 0.497 e. The van der Waals surface area contributed by atoms with E-state index in [2.05, 4.69) is 25.9 Å². The van der Waals surface area contributed by atoms with Gasteiger partial charge in [-0.15, -0.1) is 0 Å². The second kappa shape index (κ2) is 7.21. The summed E-state index contributed by atoms with van der Waals surface area (Å²) in [5.74, 6) is 2.77. The predicted octanol–water partition coefficient (Wildman–Crippen LogP) is 2.07. The third-order valence-electron chi connectivity index (χ3n) is 4.82. The third kappa shape index (κ3) is 3.30. The monoisotopic (exact) mass is 353 g/mol. The fourth-order valence-electron chi connectivity index (χ4n) is 3.36. The molecule has 1 aliphatic heterocycles. The van der Waals surface area contributed by atoms with E-state index in [1.807, 2.05) is 30.5 Å². The summed E-state index contributed by atoms with van der Waals surface area (Å²) < 4.78 is 12.6. The van der Waals surface area contributed by atoms with E-state index in [0.717, 1.165) is 61.3 Å². The van der Waals surface area contributed by atoms with Gasteiger partial charge in [0, 0.05) is 50.6 Å². The molecule has 7 heteroatoms. The van der Waals surface area contributed by atoms with E-state index in [9.17, 15) is 0 Å². The Morgan fingerprint density at radius 2 is 1.85 bits per heavy atom. The summed E-state index contributed by atoms with van der Waals surface area (Å²) in [6.45, 7) is 4.70. The van der Waals surface area contributed by atoms with Gasteiger partial charge in [-0.3, -0.25) is 4.90 Å². The van der Waals surface area contributed by atoms with Crippen molar-refractivity contribution in [3.63, 3.8) is 0 Å². The van der Waals surface area contributed by atoms with Crippen LogP contribution in [0, 0.1) is 0 Å². The standard InChI is InChI=1S/C19H23N5O2/c1-25-16-3-4-17(26-2)15(13-16)14-22-9-11-23(12-10-22)18-6-8-24-19(21-18)5-7-20-24/h3-8,13H,9-12,14H2,1-2H3. The number of hydrogen-bond donors (Lipinski definition) is 0. The number of nitrogens with zero attached hydrogens (tertiary/aromatic N) is 5. The van der Waals surface area contributed by atoms with Gasteiger partial charge in [-0.1, -0.05) is 0 Å². The van der Waals surface area contributed by atoms with Crippen molar-refractivity contribution in [1.29, 1.82) is 0 Å². The summed E-state index contributed by atoms with van der Waals surface area (Å²) in [5, 5.41) is 4.20. The lowest BCUT2D eigenvalue weighted by atomic mass is 10.1. The normalized spacial score (nSPS) is 15.4. The molecule has 26 heavy (non-hydrogen) atoms. The van der Waals surface area contributed by atoms with Crippen LogP contribution < -0.4 is 14.4 Å². The molecule has 0 aliphatic carbocycles. The third-order valence-corrected chi connectivity index (χ3v) is 4.82. The van der Waals surface area contributed by atoms with Gasteiger partial charge >= 0.3 is 0 Å². The maximum atomic E-state index is 5.50. The second-order valence-corrected chi connectivity index (χ2v) is 6.36. The average molecular weight is 353 g/mol. The number of benzene rings is 1. The first-order valence-electron chi connectivity index (χ1n) is 8.75. The lowest BCUT2D eigenvalue weighted by molar-refractivity contribution is 0.245. The van der Waals surface area contributed by atoms with Gasteiger partial charge < -0.3 is 14.4 Å². The number of hydrogen-bond acceptors (Lipinski definition) is 6. The first-order chi connectivity index (χ1) is 12.8. The predicted molar refractivity (Wildman–Crippen MR) is 100 cm³/mol. The zero-order chi connectivity index (χ0) is 17.9. The molecule has 1 aromatic carbocycles. The highest BCUT2D eigenvalue weighted by atomic mass is 16.5. The molecule has 0 radical (unpaired) electrons. The average Bonchev–Trinajstić information content (AvgIpc) is 3.16. The second-order valence-electron chi connectivity index (χ2n) is 6.36. The summed E-state index contributed by atoms with van der Waals surface area (Å²) in [6, 6.07) is 9.91. The van der Waals surface area contributed by atoms with E-state index in [-0.39, 0.29) is 0 Å². The minimum absolute atomic E-state index is 0.850. The molecule has 4 rings (SSSR count). The lowest BCUT2D eigenvalue weighted by Crippen LogP contribution is -2.46. The fraction of sp³-hybridized carbons (Fsp3) is 0.368. The van der Waals surface area contributed by atoms with E-state index in [1.54, 1.807) is 24.9 Å². The summed E-state index contributed by atoms with van der Waals surface area (Å²) in [6.07, 6.45) is 3.73. The van der Waals surface area contributed by atoms with Crippen molar-refractivity contribution in [2.45, 2.75) is 6.54 Å². The van der Waals surface area contributed by atoms with E-state index in [4.69, 9.17) is 9.47 Å². The molecule has 0 unspecified atom stereocenters. The Morgan fingerprint density at radius 3 is 2.62 bits per heavy atom. The molecule has 0 atom stereocenters. The maximum absolute atomic E-state index is 5.50. The fourth-order valence-corrected chi connectivity index (χ4v) is 3.36. The van der Waals surface area contributed by atoms with E-state index >= 15 is 0 Å². The molecule has 0 bridgehead atoms. The molecule has 2 aromatic heterocycles. The van der Waals surface area contributed by atoms with Crippen LogP contribution in [0.1, 0.15) is 5.56 Å². The zero-order valence-corrected chi connectivity index (χ0v) is 15.1. The van der Waals surface area contributed by atoms with Crippen LogP contribution in [0.3, 0.4) is 0 Å². The van der Waals surface area contributed by atoms with Gasteiger partial charge in [0.05, 0.1) is 20.4 Å². The summed E-state index contributed by atoms with van der Waals surface area (Å²) in [4.78, 5) is 9.45. The number of aromatic nitrogens is 3. The van der Waals surface area contributed by atoms with Gasteiger partial charge in [0.15, 0.2) is 5.65 Å². The van der Waals surface area contributed by atoms with Gasteiger partial charge in [0.25, 0.3) is 0 Å². The molecule has 3 heterocycles. The number of piperazine rings is 1. The molecule has 0 spiro atoms. The molecule has 1 fully saturated rings. The minimum atomic E-state index is 0.850. The molecule has 1 aliphatic rings. The summed E-state index contributed by atoms with van der Waals surface area (Å²) in [7, 11) is 3.40. The van der Waals surface area contributed by atoms with E-state index in [0.29, 0.717) is 0 Å². The first-order valence-corrected chi connectivity index (χ1v) is 8.75. The topological polar surface area (TPSA) is 55.1 Å². The van der Waals surface area contributed by atoms with Gasteiger partial charge in [0.1, 0.15) is 17.3 Å². The minimum Gasteiger partial charge on any atom is -0.497 e. The molecular weight excluding hydrogens is 330 g/mol. The highest BCUT2D eigenvalue weighted by Gasteiger charge is 2.20. The van der Waals surface area contributed by atoms with Crippen molar-refractivity contribution in [2.24, 2.45) is 0 Å². The van der Waals surface area contributed by atoms with Crippen molar-refractivity contribution in [3.05, 3.63) is 48.3 Å². The van der Waals surface area contributed by atoms with Crippen molar-refractivity contribution in [2.75, 3.05) is 45.3 Å². The molecule has 0 saturated carbocycles. The molecule has 7 nitrogen and oxygen atoms in total. The highest BCUT2D eigenvalue weighted by Crippen LogP contribution is 2.26. The van der Waals surface area contributed by atoms with Crippen molar-refractivity contribution < 1.29 is 9.47 Å². The number of methoxy groups -OCH3 is 2. The van der Waals surface area contributed by atoms with Crippen molar-refractivity contribution in [3.8, 4) is 11.5 Å². The van der Waals surface area contributed by atoms with Gasteiger partial charge in [0.2, 0.25) is 0 Å². The first kappa shape index (κ1) is 16.7. The maximum Gasteiger partial charge on any atom is 0.157 e. The molecule has 136 valence electrons. The Bertz CT molecular complexity index is 887. The van der Waals surface area contributed by atoms with Crippen LogP contribution in [0.2, 0.25) is 0 Å². The lowest BCUT2D eigenvalue weighted by Gasteiger charge is -2.35. The van der Waals surface area contributed by atoms with Crippen LogP contribution >= 0.6 is 0 Å². The van der Waals surface area contributed by atoms with Crippen LogP contribution in [-0.4, -0.2) is 59.9 Å². The van der Waals surface area contributed by atoms with Crippen LogP contribution in [0.15, 0.2) is 42.7 Å². The summed E-state index contributed by atoms with van der Waals surface area (Å²) in [5.41, 5.74) is 2.03. The molecule has 0 amide bonds. The Balaban J connectivity index is 1.42. The number of anilines is 1. The zero-order valence-electron chi connectivity index (χ0n) is 15.1. The smallest absolute Gasteiger partial charge is 0.157 e. The van der Waals surface area contributed by atoms with Gasteiger partial charge in [-0.05, 0) is 24.3 Å². The highest BCUT2D eigenvalue weighted by molar-refractivity contribution is 5.47. The van der Waals surface area contributed by atoms with Crippen LogP contribution in [0.4, 0.5) is 5.82 Å². The Labute approximate surface area is 152 Å². The van der Waals surface area contributed by atoms with Gasteiger partial charge in [-0.25, -0.2) is 9.50 Å². The molecule has 3 aromatic rings. The van der Waals surface area contributed by atoms with E-state index in [1.165, 1.54) is 0 Å². The number of fused-ring (bicyclic) bond motifs is 1. The Hall–Kier alpha value is -2.80.